The third-order valence-corrected chi connectivity index (χ3v) is 8.52. The summed E-state index contributed by atoms with van der Waals surface area (Å²) in [5, 5.41) is 10.1. The van der Waals surface area contributed by atoms with E-state index in [1.165, 1.54) is 0 Å². The SMILES string of the molecule is CN(C)CC#Cc1ccc([C@@H]2[C@H](CO)N3CCCCN(S(=O)(=O)c4ccccc4)C[C@@H]23)cc1. The quantitative estimate of drug-likeness (QED) is 0.684. The van der Waals surface area contributed by atoms with Crippen LogP contribution in [0.1, 0.15) is 29.9 Å². The Morgan fingerprint density at radius 3 is 2.39 bits per heavy atom. The number of hydrogen-bond donors (Lipinski definition) is 1. The van der Waals surface area contributed by atoms with Gasteiger partial charge in [0.25, 0.3) is 0 Å². The lowest BCUT2D eigenvalue weighted by Crippen LogP contribution is -2.67. The lowest BCUT2D eigenvalue weighted by Gasteiger charge is -2.57. The Morgan fingerprint density at radius 2 is 1.73 bits per heavy atom. The van der Waals surface area contributed by atoms with Gasteiger partial charge in [0.2, 0.25) is 10.0 Å². The molecule has 33 heavy (non-hydrogen) atoms. The minimum absolute atomic E-state index is 0.0139. The molecule has 0 aromatic heterocycles. The van der Waals surface area contributed by atoms with E-state index in [1.807, 2.05) is 37.2 Å². The van der Waals surface area contributed by atoms with Crippen LogP contribution in [0.3, 0.4) is 0 Å². The zero-order valence-electron chi connectivity index (χ0n) is 19.4. The van der Waals surface area contributed by atoms with Gasteiger partial charge in [0, 0.05) is 36.7 Å². The van der Waals surface area contributed by atoms with Crippen LogP contribution in [0.5, 0.6) is 0 Å². The second kappa shape index (κ2) is 10.4. The molecule has 0 saturated carbocycles. The van der Waals surface area contributed by atoms with E-state index in [-0.39, 0.29) is 24.6 Å². The average molecular weight is 468 g/mol. The average Bonchev–Trinajstić information content (AvgIpc) is 2.79. The predicted octanol–water partition coefficient (Wildman–Crippen LogP) is 2.21. The molecule has 0 radical (unpaired) electrons. The molecule has 4 rings (SSSR count). The van der Waals surface area contributed by atoms with Crippen LogP contribution in [0.4, 0.5) is 0 Å². The molecule has 2 aromatic rings. The molecule has 2 aliphatic heterocycles. The van der Waals surface area contributed by atoms with E-state index >= 15 is 0 Å². The molecule has 0 amide bonds. The minimum atomic E-state index is -3.56. The summed E-state index contributed by atoms with van der Waals surface area (Å²) in [5.74, 6) is 6.42. The van der Waals surface area contributed by atoms with E-state index in [0.717, 1.165) is 30.5 Å². The summed E-state index contributed by atoms with van der Waals surface area (Å²) >= 11 is 0. The highest BCUT2D eigenvalue weighted by atomic mass is 32.2. The fraction of sp³-hybridized carbons (Fsp3) is 0.462. The van der Waals surface area contributed by atoms with Gasteiger partial charge in [-0.2, -0.15) is 4.31 Å². The van der Waals surface area contributed by atoms with Crippen molar-refractivity contribution in [3.63, 3.8) is 0 Å². The number of fused-ring (bicyclic) bond motifs is 1. The van der Waals surface area contributed by atoms with Gasteiger partial charge in [-0.15, -0.1) is 0 Å². The van der Waals surface area contributed by atoms with Crippen molar-refractivity contribution in [1.82, 2.24) is 14.1 Å². The zero-order valence-corrected chi connectivity index (χ0v) is 20.2. The Labute approximate surface area is 197 Å². The highest BCUT2D eigenvalue weighted by Gasteiger charge is 2.50. The first kappa shape index (κ1) is 23.9. The Kier molecular flexibility index (Phi) is 7.52. The number of aliphatic hydroxyl groups is 1. The van der Waals surface area contributed by atoms with Gasteiger partial charge in [0.1, 0.15) is 0 Å². The van der Waals surface area contributed by atoms with Crippen LogP contribution in [0.15, 0.2) is 59.5 Å². The normalized spacial score (nSPS) is 24.2. The molecule has 6 nitrogen and oxygen atoms in total. The second-order valence-corrected chi connectivity index (χ2v) is 11.1. The fourth-order valence-electron chi connectivity index (χ4n) is 4.96. The molecule has 0 unspecified atom stereocenters. The molecule has 176 valence electrons. The van der Waals surface area contributed by atoms with Crippen molar-refractivity contribution in [2.45, 2.75) is 35.7 Å². The zero-order chi connectivity index (χ0) is 23.4. The van der Waals surface area contributed by atoms with Gasteiger partial charge in [-0.05, 0) is 63.3 Å². The van der Waals surface area contributed by atoms with E-state index in [0.29, 0.717) is 24.5 Å². The predicted molar refractivity (Wildman–Crippen MR) is 130 cm³/mol. The van der Waals surface area contributed by atoms with E-state index in [2.05, 4.69) is 28.9 Å². The van der Waals surface area contributed by atoms with Gasteiger partial charge >= 0.3 is 0 Å². The Morgan fingerprint density at radius 1 is 1.03 bits per heavy atom. The first-order valence-corrected chi connectivity index (χ1v) is 13.0. The summed E-state index contributed by atoms with van der Waals surface area (Å²) in [6, 6.07) is 17.0. The number of rotatable bonds is 5. The molecule has 2 saturated heterocycles. The maximum absolute atomic E-state index is 13.4. The summed E-state index contributed by atoms with van der Waals surface area (Å²) in [7, 11) is 0.427. The maximum atomic E-state index is 13.4. The number of aliphatic hydroxyl groups excluding tert-OH is 1. The largest absolute Gasteiger partial charge is 0.395 e. The number of nitrogens with zero attached hydrogens (tertiary/aromatic N) is 3. The third kappa shape index (κ3) is 5.16. The highest BCUT2D eigenvalue weighted by Crippen LogP contribution is 2.42. The molecule has 0 bridgehead atoms. The van der Waals surface area contributed by atoms with Crippen LogP contribution in [-0.4, -0.2) is 86.6 Å². The van der Waals surface area contributed by atoms with Gasteiger partial charge in [-0.1, -0.05) is 42.2 Å². The number of benzene rings is 2. The summed E-state index contributed by atoms with van der Waals surface area (Å²) < 4.78 is 28.3. The van der Waals surface area contributed by atoms with Gasteiger partial charge < -0.3 is 5.11 Å². The van der Waals surface area contributed by atoms with Crippen LogP contribution in [0.25, 0.3) is 0 Å². The number of sulfonamides is 1. The molecule has 0 aliphatic carbocycles. The van der Waals surface area contributed by atoms with E-state index in [9.17, 15) is 13.5 Å². The Hall–Kier alpha value is -2.21. The van der Waals surface area contributed by atoms with E-state index in [4.69, 9.17) is 0 Å². The fourth-order valence-corrected chi connectivity index (χ4v) is 6.47. The van der Waals surface area contributed by atoms with Crippen molar-refractivity contribution >= 4 is 10.0 Å². The third-order valence-electron chi connectivity index (χ3n) is 6.64. The summed E-state index contributed by atoms with van der Waals surface area (Å²) in [4.78, 5) is 4.66. The van der Waals surface area contributed by atoms with Crippen molar-refractivity contribution in [3.8, 4) is 11.8 Å². The van der Waals surface area contributed by atoms with Crippen LogP contribution < -0.4 is 0 Å². The van der Waals surface area contributed by atoms with Crippen molar-refractivity contribution < 1.29 is 13.5 Å². The minimum Gasteiger partial charge on any atom is -0.395 e. The van der Waals surface area contributed by atoms with Crippen LogP contribution in [0, 0.1) is 11.8 Å². The lowest BCUT2D eigenvalue weighted by atomic mass is 9.74. The van der Waals surface area contributed by atoms with Crippen molar-refractivity contribution in [3.05, 3.63) is 65.7 Å². The standard InChI is InChI=1S/C26H33N3O3S/c1-27(2)16-8-9-21-12-14-22(15-13-21)26-24-19-28(17-6-7-18-29(24)25(26)20-30)33(31,32)23-10-4-3-5-11-23/h3-5,10-15,24-26,30H,6-7,16-20H2,1-2H3/t24-,25-,26-/m0/s1. The first-order chi connectivity index (χ1) is 15.9. The molecule has 3 atom stereocenters. The molecule has 7 heteroatoms. The second-order valence-electron chi connectivity index (χ2n) is 9.13. The van der Waals surface area contributed by atoms with Crippen LogP contribution in [-0.2, 0) is 10.0 Å². The van der Waals surface area contributed by atoms with E-state index in [1.54, 1.807) is 28.6 Å². The van der Waals surface area contributed by atoms with Gasteiger partial charge in [0.05, 0.1) is 18.0 Å². The molecular weight excluding hydrogens is 434 g/mol. The summed E-state index contributed by atoms with van der Waals surface area (Å²) in [6.45, 7) is 2.62. The van der Waals surface area contributed by atoms with Gasteiger partial charge in [-0.25, -0.2) is 8.42 Å². The molecular formula is C26H33N3O3S. The van der Waals surface area contributed by atoms with Crippen molar-refractivity contribution in [2.75, 3.05) is 46.9 Å². The summed E-state index contributed by atoms with van der Waals surface area (Å²) in [6.07, 6.45) is 1.74. The van der Waals surface area contributed by atoms with Crippen LogP contribution in [0.2, 0.25) is 0 Å². The van der Waals surface area contributed by atoms with E-state index < -0.39 is 10.0 Å². The Bertz CT molecular complexity index is 1090. The maximum Gasteiger partial charge on any atom is 0.243 e. The molecule has 0 spiro atoms. The van der Waals surface area contributed by atoms with Crippen LogP contribution >= 0.6 is 0 Å². The monoisotopic (exact) mass is 467 g/mol. The smallest absolute Gasteiger partial charge is 0.243 e. The molecule has 1 N–H and O–H groups in total. The Balaban J connectivity index is 1.57. The topological polar surface area (TPSA) is 64.1 Å². The van der Waals surface area contributed by atoms with Crippen molar-refractivity contribution in [1.29, 1.82) is 0 Å². The molecule has 2 aromatic carbocycles. The van der Waals surface area contributed by atoms with Gasteiger partial charge in [0.15, 0.2) is 0 Å². The van der Waals surface area contributed by atoms with Gasteiger partial charge in [-0.3, -0.25) is 9.80 Å². The lowest BCUT2D eigenvalue weighted by molar-refractivity contribution is -0.0553. The number of hydrogen-bond acceptors (Lipinski definition) is 5. The highest BCUT2D eigenvalue weighted by molar-refractivity contribution is 7.89. The molecule has 2 fully saturated rings. The first-order valence-electron chi connectivity index (χ1n) is 11.6. The molecule has 2 heterocycles. The molecule has 2 aliphatic rings. The van der Waals surface area contributed by atoms with Crippen molar-refractivity contribution in [2.24, 2.45) is 0 Å². The summed E-state index contributed by atoms with van der Waals surface area (Å²) in [5.41, 5.74) is 2.09.